The number of nitrogens with zero attached hydrogens (tertiary/aromatic N) is 1. The first kappa shape index (κ1) is 14.2. The Morgan fingerprint density at radius 2 is 1.95 bits per heavy atom. The van der Waals surface area contributed by atoms with Crippen LogP contribution < -0.4 is 5.32 Å². The second kappa shape index (κ2) is 7.40. The molecule has 0 fully saturated rings. The van der Waals surface area contributed by atoms with Crippen LogP contribution in [0.5, 0.6) is 0 Å². The number of carbonyl (C=O) groups excluding carboxylic acids is 1. The lowest BCUT2D eigenvalue weighted by Crippen LogP contribution is -2.34. The molecule has 1 unspecified atom stereocenters. The number of rotatable bonds is 6. The lowest BCUT2D eigenvalue weighted by atomic mass is 10.2. The molecule has 0 saturated carbocycles. The van der Waals surface area contributed by atoms with Crippen LogP contribution in [0.1, 0.15) is 18.2 Å². The van der Waals surface area contributed by atoms with E-state index in [4.69, 9.17) is 4.74 Å². The van der Waals surface area contributed by atoms with Crippen LogP contribution in [0.2, 0.25) is 0 Å². The van der Waals surface area contributed by atoms with Crippen molar-refractivity contribution in [1.82, 2.24) is 10.3 Å². The van der Waals surface area contributed by atoms with Crippen LogP contribution in [-0.4, -0.2) is 17.0 Å². The number of pyridine rings is 1. The minimum Gasteiger partial charge on any atom is -0.364 e. The highest BCUT2D eigenvalue weighted by molar-refractivity contribution is 5.80. The van der Waals surface area contributed by atoms with E-state index in [-0.39, 0.29) is 5.91 Å². The molecule has 0 spiro atoms. The summed E-state index contributed by atoms with van der Waals surface area (Å²) in [7, 11) is 0. The lowest BCUT2D eigenvalue weighted by molar-refractivity contribution is -0.132. The molecule has 2 aromatic rings. The van der Waals surface area contributed by atoms with Crippen molar-refractivity contribution in [2.45, 2.75) is 26.2 Å². The molecule has 20 heavy (non-hydrogen) atoms. The van der Waals surface area contributed by atoms with Crippen LogP contribution in [0.4, 0.5) is 0 Å². The van der Waals surface area contributed by atoms with Crippen molar-refractivity contribution in [3.05, 3.63) is 66.0 Å². The summed E-state index contributed by atoms with van der Waals surface area (Å²) in [6, 6.07) is 15.4. The third-order valence-corrected chi connectivity index (χ3v) is 2.88. The summed E-state index contributed by atoms with van der Waals surface area (Å²) in [4.78, 5) is 16.0. The Morgan fingerprint density at radius 3 is 2.65 bits per heavy atom. The standard InChI is InChI=1S/C16H18N2O2/c1-13(20-12-14-7-3-2-4-8-14)16(19)18-11-15-9-5-6-10-17-15/h2-10,13H,11-12H2,1H3,(H,18,19). The minimum atomic E-state index is -0.487. The highest BCUT2D eigenvalue weighted by atomic mass is 16.5. The second-order valence-electron chi connectivity index (χ2n) is 4.48. The molecule has 104 valence electrons. The first-order valence-electron chi connectivity index (χ1n) is 6.59. The molecule has 0 bridgehead atoms. The molecule has 1 aromatic carbocycles. The molecule has 0 radical (unpaired) electrons. The van der Waals surface area contributed by atoms with Gasteiger partial charge in [-0.1, -0.05) is 36.4 Å². The largest absolute Gasteiger partial charge is 0.364 e. The van der Waals surface area contributed by atoms with Gasteiger partial charge < -0.3 is 10.1 Å². The van der Waals surface area contributed by atoms with Gasteiger partial charge in [0.2, 0.25) is 5.91 Å². The van der Waals surface area contributed by atoms with Gasteiger partial charge in [0.15, 0.2) is 0 Å². The molecule has 1 N–H and O–H groups in total. The Kier molecular flexibility index (Phi) is 5.26. The number of aromatic nitrogens is 1. The number of amides is 1. The Bertz CT molecular complexity index is 529. The van der Waals surface area contributed by atoms with Crippen LogP contribution in [-0.2, 0) is 22.7 Å². The number of hydrogen-bond donors (Lipinski definition) is 1. The van der Waals surface area contributed by atoms with Gasteiger partial charge in [-0.25, -0.2) is 0 Å². The Labute approximate surface area is 118 Å². The predicted octanol–water partition coefficient (Wildman–Crippen LogP) is 2.30. The minimum absolute atomic E-state index is 0.133. The van der Waals surface area contributed by atoms with Gasteiger partial charge in [0.05, 0.1) is 18.8 Å². The van der Waals surface area contributed by atoms with Crippen LogP contribution >= 0.6 is 0 Å². The summed E-state index contributed by atoms with van der Waals surface area (Å²) in [6.07, 6.45) is 1.22. The van der Waals surface area contributed by atoms with Crippen LogP contribution in [0.15, 0.2) is 54.7 Å². The summed E-state index contributed by atoms with van der Waals surface area (Å²) in [5, 5.41) is 2.81. The van der Waals surface area contributed by atoms with E-state index in [1.165, 1.54) is 0 Å². The van der Waals surface area contributed by atoms with Gasteiger partial charge in [-0.2, -0.15) is 0 Å². The van der Waals surface area contributed by atoms with E-state index in [0.717, 1.165) is 11.3 Å². The van der Waals surface area contributed by atoms with Crippen molar-refractivity contribution < 1.29 is 9.53 Å². The van der Waals surface area contributed by atoms with Crippen molar-refractivity contribution in [3.63, 3.8) is 0 Å². The average Bonchev–Trinajstić information content (AvgIpc) is 2.52. The van der Waals surface area contributed by atoms with Crippen LogP contribution in [0.3, 0.4) is 0 Å². The van der Waals surface area contributed by atoms with Crippen molar-refractivity contribution in [2.75, 3.05) is 0 Å². The summed E-state index contributed by atoms with van der Waals surface area (Å²) in [5.41, 5.74) is 1.88. The van der Waals surface area contributed by atoms with E-state index in [1.54, 1.807) is 13.1 Å². The van der Waals surface area contributed by atoms with Gasteiger partial charge in [0.25, 0.3) is 0 Å². The number of hydrogen-bond acceptors (Lipinski definition) is 3. The Hall–Kier alpha value is -2.20. The van der Waals surface area contributed by atoms with E-state index in [0.29, 0.717) is 13.2 Å². The summed E-state index contributed by atoms with van der Waals surface area (Å²) in [6.45, 7) is 2.59. The Morgan fingerprint density at radius 1 is 1.20 bits per heavy atom. The maximum absolute atomic E-state index is 11.9. The zero-order valence-electron chi connectivity index (χ0n) is 11.5. The van der Waals surface area contributed by atoms with Gasteiger partial charge in [0.1, 0.15) is 6.10 Å². The molecule has 0 saturated heterocycles. The highest BCUT2D eigenvalue weighted by Gasteiger charge is 2.12. The molecule has 1 amide bonds. The number of benzene rings is 1. The first-order valence-corrected chi connectivity index (χ1v) is 6.59. The third-order valence-electron chi connectivity index (χ3n) is 2.88. The molecule has 1 aromatic heterocycles. The third kappa shape index (κ3) is 4.48. The normalized spacial score (nSPS) is 11.8. The zero-order chi connectivity index (χ0) is 14.2. The van der Waals surface area contributed by atoms with Crippen molar-refractivity contribution in [1.29, 1.82) is 0 Å². The molecule has 0 aliphatic rings. The Balaban J connectivity index is 1.75. The van der Waals surface area contributed by atoms with Gasteiger partial charge >= 0.3 is 0 Å². The van der Waals surface area contributed by atoms with Crippen LogP contribution in [0, 0.1) is 0 Å². The maximum Gasteiger partial charge on any atom is 0.249 e. The number of ether oxygens (including phenoxy) is 1. The molecular weight excluding hydrogens is 252 g/mol. The van der Waals surface area contributed by atoms with E-state index >= 15 is 0 Å². The van der Waals surface area contributed by atoms with E-state index in [1.807, 2.05) is 48.5 Å². The van der Waals surface area contributed by atoms with Crippen molar-refractivity contribution in [2.24, 2.45) is 0 Å². The topological polar surface area (TPSA) is 51.2 Å². The SMILES string of the molecule is CC(OCc1ccccc1)C(=O)NCc1ccccn1. The van der Waals surface area contributed by atoms with Gasteiger partial charge in [-0.3, -0.25) is 9.78 Å². The van der Waals surface area contributed by atoms with Gasteiger partial charge in [-0.05, 0) is 24.6 Å². The second-order valence-corrected chi connectivity index (χ2v) is 4.48. The molecule has 0 aliphatic carbocycles. The highest BCUT2D eigenvalue weighted by Crippen LogP contribution is 2.03. The molecule has 1 heterocycles. The molecule has 0 aliphatic heterocycles. The van der Waals surface area contributed by atoms with Crippen molar-refractivity contribution >= 4 is 5.91 Å². The molecule has 4 nitrogen and oxygen atoms in total. The summed E-state index contributed by atoms with van der Waals surface area (Å²) in [5.74, 6) is -0.133. The fourth-order valence-electron chi connectivity index (χ4n) is 1.70. The van der Waals surface area contributed by atoms with Crippen molar-refractivity contribution in [3.8, 4) is 0 Å². The first-order chi connectivity index (χ1) is 9.75. The summed E-state index contributed by atoms with van der Waals surface area (Å²) < 4.78 is 5.55. The van der Waals surface area contributed by atoms with Gasteiger partial charge in [0, 0.05) is 6.20 Å². The number of nitrogens with one attached hydrogen (secondary N) is 1. The molecule has 1 atom stereocenters. The van der Waals surface area contributed by atoms with E-state index in [2.05, 4.69) is 10.3 Å². The summed E-state index contributed by atoms with van der Waals surface area (Å²) >= 11 is 0. The molecule has 2 rings (SSSR count). The monoisotopic (exact) mass is 270 g/mol. The van der Waals surface area contributed by atoms with E-state index < -0.39 is 6.10 Å². The fraction of sp³-hybridized carbons (Fsp3) is 0.250. The van der Waals surface area contributed by atoms with E-state index in [9.17, 15) is 4.79 Å². The van der Waals surface area contributed by atoms with Crippen LogP contribution in [0.25, 0.3) is 0 Å². The quantitative estimate of drug-likeness (QED) is 0.876. The molecule has 4 heteroatoms. The smallest absolute Gasteiger partial charge is 0.249 e. The zero-order valence-corrected chi connectivity index (χ0v) is 11.5. The predicted molar refractivity (Wildman–Crippen MR) is 76.8 cm³/mol. The average molecular weight is 270 g/mol. The maximum atomic E-state index is 11.9. The fourth-order valence-corrected chi connectivity index (χ4v) is 1.70. The lowest BCUT2D eigenvalue weighted by Gasteiger charge is -2.13. The van der Waals surface area contributed by atoms with Gasteiger partial charge in [-0.15, -0.1) is 0 Å². The number of carbonyl (C=O) groups is 1. The molecular formula is C16H18N2O2.